The number of morpholine rings is 1. The summed E-state index contributed by atoms with van der Waals surface area (Å²) < 4.78 is 5.41. The number of amides is 2. The summed E-state index contributed by atoms with van der Waals surface area (Å²) in [5.41, 5.74) is 5.97. The predicted molar refractivity (Wildman–Crippen MR) is 112 cm³/mol. The molecule has 2 fully saturated rings. The minimum Gasteiger partial charge on any atom is -0.378 e. The molecule has 2 amide bonds. The van der Waals surface area contributed by atoms with Gasteiger partial charge in [-0.15, -0.1) is 0 Å². The van der Waals surface area contributed by atoms with Gasteiger partial charge in [-0.05, 0) is 37.1 Å². The molecule has 3 heterocycles. The normalized spacial score (nSPS) is 16.6. The fraction of sp³-hybridized carbons (Fsp3) is 0.444. The van der Waals surface area contributed by atoms with Crippen molar-refractivity contribution < 1.29 is 9.53 Å². The number of nitrogens with zero attached hydrogens (tertiary/aromatic N) is 5. The second-order valence-electron chi connectivity index (χ2n) is 6.76. The molecule has 1 aromatic heterocycles. The van der Waals surface area contributed by atoms with Gasteiger partial charge in [0.25, 0.3) is 0 Å². The molecule has 0 saturated carbocycles. The molecule has 0 spiro atoms. The molecule has 3 N–H and O–H groups in total. The average Bonchev–Trinajstić information content (AvgIpc) is 3.29. The van der Waals surface area contributed by atoms with Crippen LogP contribution < -0.4 is 26.0 Å². The van der Waals surface area contributed by atoms with E-state index in [4.69, 9.17) is 16.3 Å². The number of ether oxygens (including phenoxy) is 1. The zero-order valence-electron chi connectivity index (χ0n) is 15.9. The maximum atomic E-state index is 12.2. The quantitative estimate of drug-likeness (QED) is 0.634. The van der Waals surface area contributed by atoms with E-state index in [0.717, 1.165) is 25.9 Å². The number of hydrogen-bond acceptors (Lipinski definition) is 8. The molecular weight excluding hydrogens is 396 g/mol. The lowest BCUT2D eigenvalue weighted by Gasteiger charge is -2.28. The zero-order chi connectivity index (χ0) is 20.1. The highest BCUT2D eigenvalue weighted by molar-refractivity contribution is 6.30. The fourth-order valence-electron chi connectivity index (χ4n) is 3.18. The van der Waals surface area contributed by atoms with E-state index in [1.807, 2.05) is 0 Å². The van der Waals surface area contributed by atoms with E-state index >= 15 is 0 Å². The number of hydrogen-bond donors (Lipinski definition) is 3. The van der Waals surface area contributed by atoms with Gasteiger partial charge in [-0.2, -0.15) is 15.0 Å². The van der Waals surface area contributed by atoms with E-state index in [-0.39, 0.29) is 5.95 Å². The van der Waals surface area contributed by atoms with Crippen molar-refractivity contribution >= 4 is 41.2 Å². The van der Waals surface area contributed by atoms with Crippen LogP contribution in [0.25, 0.3) is 0 Å². The highest BCUT2D eigenvalue weighted by Gasteiger charge is 2.21. The summed E-state index contributed by atoms with van der Waals surface area (Å²) in [4.78, 5) is 29.9. The van der Waals surface area contributed by atoms with E-state index in [2.05, 4.69) is 40.9 Å². The lowest BCUT2D eigenvalue weighted by atomic mass is 10.3. The van der Waals surface area contributed by atoms with Gasteiger partial charge in [-0.25, -0.2) is 10.2 Å². The minimum atomic E-state index is -0.441. The van der Waals surface area contributed by atoms with Crippen LogP contribution >= 0.6 is 11.6 Å². The van der Waals surface area contributed by atoms with Crippen LogP contribution in [0.4, 0.5) is 28.3 Å². The number of hydrazine groups is 1. The molecule has 0 atom stereocenters. The van der Waals surface area contributed by atoms with Gasteiger partial charge in [-0.3, -0.25) is 5.43 Å². The van der Waals surface area contributed by atoms with Crippen molar-refractivity contribution in [2.45, 2.75) is 12.8 Å². The van der Waals surface area contributed by atoms with E-state index in [1.165, 1.54) is 0 Å². The molecule has 0 aliphatic carbocycles. The fourth-order valence-corrected chi connectivity index (χ4v) is 3.31. The Bertz CT molecular complexity index is 838. The number of aromatic nitrogens is 3. The smallest absolute Gasteiger partial charge is 0.337 e. The molecule has 4 rings (SSSR count). The van der Waals surface area contributed by atoms with Gasteiger partial charge >= 0.3 is 6.03 Å². The third-order valence-electron chi connectivity index (χ3n) is 4.68. The van der Waals surface area contributed by atoms with Crippen molar-refractivity contribution in [3.8, 4) is 0 Å². The molecule has 2 aromatic rings. The number of urea groups is 1. The molecule has 154 valence electrons. The van der Waals surface area contributed by atoms with Gasteiger partial charge in [0.1, 0.15) is 0 Å². The Morgan fingerprint density at radius 1 is 0.931 bits per heavy atom. The maximum absolute atomic E-state index is 12.2. The lowest BCUT2D eigenvalue weighted by molar-refractivity contribution is 0.122. The van der Waals surface area contributed by atoms with Gasteiger partial charge in [-0.1, -0.05) is 11.6 Å². The molecule has 0 radical (unpaired) electrons. The first-order chi connectivity index (χ1) is 14.2. The summed E-state index contributed by atoms with van der Waals surface area (Å²) >= 11 is 5.86. The van der Waals surface area contributed by atoms with E-state index in [1.54, 1.807) is 24.3 Å². The van der Waals surface area contributed by atoms with Crippen molar-refractivity contribution in [2.75, 3.05) is 59.9 Å². The molecule has 1 aromatic carbocycles. The number of nitrogens with one attached hydrogen (secondary N) is 3. The summed E-state index contributed by atoms with van der Waals surface area (Å²) in [5, 5.41) is 3.31. The number of halogens is 1. The highest BCUT2D eigenvalue weighted by Crippen LogP contribution is 2.21. The predicted octanol–water partition coefficient (Wildman–Crippen LogP) is 2.11. The summed E-state index contributed by atoms with van der Waals surface area (Å²) in [6.45, 7) is 4.53. The van der Waals surface area contributed by atoms with Crippen molar-refractivity contribution in [1.29, 1.82) is 0 Å². The number of benzene rings is 1. The minimum absolute atomic E-state index is 0.287. The Morgan fingerprint density at radius 3 is 2.21 bits per heavy atom. The molecule has 0 bridgehead atoms. The summed E-state index contributed by atoms with van der Waals surface area (Å²) in [7, 11) is 0. The highest BCUT2D eigenvalue weighted by atomic mass is 35.5. The largest absolute Gasteiger partial charge is 0.378 e. The van der Waals surface area contributed by atoms with Gasteiger partial charge in [0.2, 0.25) is 17.8 Å². The standard InChI is InChI=1S/C18H23ClN8O2/c19-13-3-5-14(6-4-13)20-18(28)25-24-15-21-16(26-7-1-2-8-26)23-17(22-15)27-9-11-29-12-10-27/h3-6H,1-2,7-12H2,(H2,20,25,28)(H,21,22,23,24). The monoisotopic (exact) mass is 418 g/mol. The number of rotatable bonds is 5. The van der Waals surface area contributed by atoms with Crippen LogP contribution in [0.3, 0.4) is 0 Å². The van der Waals surface area contributed by atoms with Crippen LogP contribution in [0.5, 0.6) is 0 Å². The Morgan fingerprint density at radius 2 is 1.55 bits per heavy atom. The molecule has 2 aliphatic rings. The van der Waals surface area contributed by atoms with Crippen LogP contribution in [-0.2, 0) is 4.74 Å². The van der Waals surface area contributed by atoms with Crippen LogP contribution in [0.2, 0.25) is 5.02 Å². The second-order valence-corrected chi connectivity index (χ2v) is 7.20. The summed E-state index contributed by atoms with van der Waals surface area (Å²) in [5.74, 6) is 1.48. The molecule has 29 heavy (non-hydrogen) atoms. The molecule has 2 aliphatic heterocycles. The molecule has 0 unspecified atom stereocenters. The van der Waals surface area contributed by atoms with Crippen molar-refractivity contribution in [2.24, 2.45) is 0 Å². The van der Waals surface area contributed by atoms with Gasteiger partial charge < -0.3 is 19.9 Å². The van der Waals surface area contributed by atoms with Crippen LogP contribution in [-0.4, -0.2) is 60.4 Å². The van der Waals surface area contributed by atoms with Crippen LogP contribution in [0, 0.1) is 0 Å². The van der Waals surface area contributed by atoms with E-state index < -0.39 is 6.03 Å². The van der Waals surface area contributed by atoms with Gasteiger partial charge in [0, 0.05) is 36.9 Å². The first-order valence-corrected chi connectivity index (χ1v) is 9.97. The maximum Gasteiger partial charge on any atom is 0.337 e. The average molecular weight is 419 g/mol. The number of carbonyl (C=O) groups excluding carboxylic acids is 1. The Balaban J connectivity index is 1.45. The van der Waals surface area contributed by atoms with Gasteiger partial charge in [0.05, 0.1) is 13.2 Å². The lowest BCUT2D eigenvalue weighted by Crippen LogP contribution is -2.39. The molecule has 11 heteroatoms. The van der Waals surface area contributed by atoms with E-state index in [0.29, 0.717) is 48.9 Å². The Kier molecular flexibility index (Phi) is 6.11. The van der Waals surface area contributed by atoms with Crippen LogP contribution in [0.15, 0.2) is 24.3 Å². The third-order valence-corrected chi connectivity index (χ3v) is 4.94. The van der Waals surface area contributed by atoms with Crippen molar-refractivity contribution in [1.82, 2.24) is 20.4 Å². The third kappa shape index (κ3) is 5.15. The van der Waals surface area contributed by atoms with Gasteiger partial charge in [0.15, 0.2) is 0 Å². The molecular formula is C18H23ClN8O2. The first-order valence-electron chi connectivity index (χ1n) is 9.60. The summed E-state index contributed by atoms with van der Waals surface area (Å²) in [6, 6.07) is 6.39. The Hall–Kier alpha value is -2.85. The second kappa shape index (κ2) is 9.10. The SMILES string of the molecule is O=C(NNc1nc(N2CCCC2)nc(N2CCOCC2)n1)Nc1ccc(Cl)cc1. The van der Waals surface area contributed by atoms with Crippen molar-refractivity contribution in [3.63, 3.8) is 0 Å². The Labute approximate surface area is 173 Å². The first kappa shape index (κ1) is 19.5. The zero-order valence-corrected chi connectivity index (χ0v) is 16.7. The van der Waals surface area contributed by atoms with Crippen molar-refractivity contribution in [3.05, 3.63) is 29.3 Å². The number of carbonyl (C=O) groups is 1. The molecule has 2 saturated heterocycles. The van der Waals surface area contributed by atoms with E-state index in [9.17, 15) is 4.79 Å². The topological polar surface area (TPSA) is 108 Å². The number of anilines is 4. The summed E-state index contributed by atoms with van der Waals surface area (Å²) in [6.07, 6.45) is 2.23. The molecule has 10 nitrogen and oxygen atoms in total. The van der Waals surface area contributed by atoms with Crippen LogP contribution in [0.1, 0.15) is 12.8 Å².